The van der Waals surface area contributed by atoms with Crippen LogP contribution < -0.4 is 20.1 Å². The molecular formula is C29H27F3N4O6. The Balaban J connectivity index is 1.60. The molecule has 1 fully saturated rings. The normalized spacial score (nSPS) is 19.1. The number of hydrogen-bond acceptors (Lipinski definition) is 7. The van der Waals surface area contributed by atoms with Crippen molar-refractivity contribution in [1.29, 1.82) is 0 Å². The zero-order chi connectivity index (χ0) is 30.1. The molecule has 1 N–H and O–H groups in total. The van der Waals surface area contributed by atoms with Gasteiger partial charge in [-0.25, -0.2) is 20.0 Å². The number of hydrogen-bond donors (Lipinski definition) is 1. The molecule has 0 unspecified atom stereocenters. The summed E-state index contributed by atoms with van der Waals surface area (Å²) in [5, 5.41) is 0.392. The lowest BCUT2D eigenvalue weighted by molar-refractivity contribution is -0.171. The average molecular weight is 585 g/mol. The molecule has 3 aromatic carbocycles. The van der Waals surface area contributed by atoms with Crippen LogP contribution in [0.15, 0.2) is 78.9 Å². The van der Waals surface area contributed by atoms with Crippen molar-refractivity contribution in [3.63, 3.8) is 0 Å². The van der Waals surface area contributed by atoms with E-state index < -0.39 is 36.0 Å². The minimum atomic E-state index is -5.26. The van der Waals surface area contributed by atoms with Crippen LogP contribution in [0.3, 0.4) is 0 Å². The lowest BCUT2D eigenvalue weighted by Gasteiger charge is -2.39. The SMILES string of the molecule is COC(=O)N1CC[C@]2(NN(C(=O)C(F)(F)F)c3ccc(OC)cc3)c3ccccc3N(C(=O)OCc3ccccc3)[C@H]12. The number of nitrogens with one attached hydrogen (secondary N) is 1. The van der Waals surface area contributed by atoms with Gasteiger partial charge >= 0.3 is 24.3 Å². The largest absolute Gasteiger partial charge is 0.497 e. The van der Waals surface area contributed by atoms with Gasteiger partial charge in [0.05, 0.1) is 25.6 Å². The molecule has 2 atom stereocenters. The lowest BCUT2D eigenvalue weighted by atomic mass is 9.89. The zero-order valence-electron chi connectivity index (χ0n) is 22.6. The van der Waals surface area contributed by atoms with Crippen LogP contribution in [-0.4, -0.2) is 56.1 Å². The number of fused-ring (bicyclic) bond motifs is 3. The second kappa shape index (κ2) is 11.2. The number of hydrazine groups is 1. The minimum absolute atomic E-state index is 0.00218. The number of alkyl halides is 3. The highest BCUT2D eigenvalue weighted by Gasteiger charge is 2.63. The highest BCUT2D eigenvalue weighted by molar-refractivity contribution is 5.98. The van der Waals surface area contributed by atoms with E-state index in [-0.39, 0.29) is 25.3 Å². The van der Waals surface area contributed by atoms with Crippen molar-refractivity contribution in [3.8, 4) is 5.75 Å². The monoisotopic (exact) mass is 584 g/mol. The molecular weight excluding hydrogens is 557 g/mol. The Morgan fingerprint density at radius 2 is 1.62 bits per heavy atom. The third kappa shape index (κ3) is 5.07. The van der Waals surface area contributed by atoms with Crippen molar-refractivity contribution in [3.05, 3.63) is 90.0 Å². The quantitative estimate of drug-likeness (QED) is 0.410. The number of anilines is 2. The van der Waals surface area contributed by atoms with Crippen molar-refractivity contribution in [2.75, 3.05) is 30.7 Å². The van der Waals surface area contributed by atoms with Crippen molar-refractivity contribution in [2.45, 2.75) is 30.9 Å². The molecule has 42 heavy (non-hydrogen) atoms. The van der Waals surface area contributed by atoms with Gasteiger partial charge in [-0.05, 0) is 42.3 Å². The van der Waals surface area contributed by atoms with Gasteiger partial charge in [0.2, 0.25) is 0 Å². The van der Waals surface area contributed by atoms with Gasteiger partial charge in [-0.3, -0.25) is 14.6 Å². The Morgan fingerprint density at radius 1 is 0.952 bits per heavy atom. The van der Waals surface area contributed by atoms with Crippen LogP contribution >= 0.6 is 0 Å². The van der Waals surface area contributed by atoms with E-state index in [1.54, 1.807) is 48.5 Å². The topological polar surface area (TPSA) is 101 Å². The van der Waals surface area contributed by atoms with Crippen LogP contribution in [0.1, 0.15) is 17.5 Å². The van der Waals surface area contributed by atoms with Crippen molar-refractivity contribution in [1.82, 2.24) is 10.3 Å². The number of halogens is 3. The summed E-state index contributed by atoms with van der Waals surface area (Å²) >= 11 is 0. The van der Waals surface area contributed by atoms with Gasteiger partial charge in [-0.15, -0.1) is 0 Å². The summed E-state index contributed by atoms with van der Waals surface area (Å²) in [4.78, 5) is 41.9. The van der Waals surface area contributed by atoms with Crippen LogP contribution in [0.25, 0.3) is 0 Å². The Bertz CT molecular complexity index is 1470. The number of carbonyl (C=O) groups excluding carboxylic acids is 3. The van der Waals surface area contributed by atoms with Crippen LogP contribution in [0.4, 0.5) is 34.1 Å². The van der Waals surface area contributed by atoms with E-state index in [1.165, 1.54) is 41.2 Å². The third-order valence-corrected chi connectivity index (χ3v) is 7.27. The maximum Gasteiger partial charge on any atom is 0.473 e. The maximum absolute atomic E-state index is 13.9. The molecule has 0 saturated carbocycles. The molecule has 3 amide bonds. The predicted octanol–water partition coefficient (Wildman–Crippen LogP) is 4.95. The van der Waals surface area contributed by atoms with Gasteiger partial charge in [0.15, 0.2) is 0 Å². The summed E-state index contributed by atoms with van der Waals surface area (Å²) in [7, 11) is 2.56. The van der Waals surface area contributed by atoms with E-state index in [1.807, 2.05) is 6.07 Å². The fourth-order valence-electron chi connectivity index (χ4n) is 5.40. The van der Waals surface area contributed by atoms with Gasteiger partial charge in [-0.1, -0.05) is 48.5 Å². The van der Waals surface area contributed by atoms with Crippen molar-refractivity contribution >= 4 is 29.5 Å². The summed E-state index contributed by atoms with van der Waals surface area (Å²) in [5.74, 6) is -1.83. The predicted molar refractivity (Wildman–Crippen MR) is 144 cm³/mol. The van der Waals surface area contributed by atoms with Crippen LogP contribution in [0.5, 0.6) is 5.75 Å². The van der Waals surface area contributed by atoms with E-state index in [0.29, 0.717) is 27.6 Å². The minimum Gasteiger partial charge on any atom is -0.497 e. The molecule has 10 nitrogen and oxygen atoms in total. The Hall–Kier alpha value is -4.78. The number of benzene rings is 3. The Morgan fingerprint density at radius 3 is 2.26 bits per heavy atom. The summed E-state index contributed by atoms with van der Waals surface area (Å²) in [5.41, 5.74) is 2.51. The van der Waals surface area contributed by atoms with E-state index in [2.05, 4.69) is 5.43 Å². The van der Waals surface area contributed by atoms with Crippen LogP contribution in [0.2, 0.25) is 0 Å². The fourth-order valence-corrected chi connectivity index (χ4v) is 5.40. The molecule has 13 heteroatoms. The number of nitrogens with zero attached hydrogens (tertiary/aromatic N) is 3. The molecule has 2 aliphatic rings. The first kappa shape index (κ1) is 28.7. The summed E-state index contributed by atoms with van der Waals surface area (Å²) in [6.07, 6.45) is -8.12. The van der Waals surface area contributed by atoms with Gasteiger partial charge in [0.1, 0.15) is 24.1 Å². The summed E-state index contributed by atoms with van der Waals surface area (Å²) in [6, 6.07) is 20.8. The van der Waals surface area contributed by atoms with Gasteiger partial charge in [0, 0.05) is 12.1 Å². The van der Waals surface area contributed by atoms with Gasteiger partial charge < -0.3 is 14.2 Å². The maximum atomic E-state index is 13.9. The van der Waals surface area contributed by atoms with Crippen molar-refractivity contribution in [2.24, 2.45) is 0 Å². The molecule has 0 spiro atoms. The Labute approximate surface area is 239 Å². The molecule has 0 radical (unpaired) electrons. The molecule has 3 aromatic rings. The van der Waals surface area contributed by atoms with Gasteiger partial charge in [0.25, 0.3) is 0 Å². The highest BCUT2D eigenvalue weighted by atomic mass is 19.4. The van der Waals surface area contributed by atoms with E-state index in [0.717, 1.165) is 7.11 Å². The molecule has 0 aliphatic carbocycles. The molecule has 2 aliphatic heterocycles. The smallest absolute Gasteiger partial charge is 0.473 e. The van der Waals surface area contributed by atoms with E-state index in [9.17, 15) is 27.6 Å². The first-order valence-corrected chi connectivity index (χ1v) is 12.9. The second-order valence-corrected chi connectivity index (χ2v) is 9.63. The van der Waals surface area contributed by atoms with Crippen LogP contribution in [-0.2, 0) is 26.4 Å². The summed E-state index contributed by atoms with van der Waals surface area (Å²) < 4.78 is 57.5. The molecule has 2 heterocycles. The number of ether oxygens (including phenoxy) is 3. The zero-order valence-corrected chi connectivity index (χ0v) is 22.6. The number of rotatable bonds is 6. The summed E-state index contributed by atoms with van der Waals surface area (Å²) in [6.45, 7) is -0.0912. The van der Waals surface area contributed by atoms with Gasteiger partial charge in [-0.2, -0.15) is 13.2 Å². The number of carbonyl (C=O) groups is 3. The Kier molecular flexibility index (Phi) is 7.69. The van der Waals surface area contributed by atoms with E-state index >= 15 is 0 Å². The number of methoxy groups -OCH3 is 2. The number of amides is 3. The fraction of sp³-hybridized carbons (Fsp3) is 0.276. The number of likely N-dealkylation sites (tertiary alicyclic amines) is 1. The first-order valence-electron chi connectivity index (χ1n) is 12.9. The van der Waals surface area contributed by atoms with Crippen LogP contribution in [0, 0.1) is 0 Å². The molecule has 5 rings (SSSR count). The van der Waals surface area contributed by atoms with E-state index in [4.69, 9.17) is 14.2 Å². The average Bonchev–Trinajstić information content (AvgIpc) is 3.50. The number of para-hydroxylation sites is 1. The lowest BCUT2D eigenvalue weighted by Crippen LogP contribution is -2.64. The third-order valence-electron chi connectivity index (χ3n) is 7.27. The molecule has 1 saturated heterocycles. The molecule has 0 aromatic heterocycles. The standard InChI is InChI=1S/C29H27F3N4O6/c1-40-21-14-12-20(13-15-21)36(25(37)29(30,31)32)33-28-16-17-34(26(38)41-2)24(28)35(23-11-7-6-10-22(23)28)27(39)42-18-19-8-4-3-5-9-19/h3-15,24,33H,16-18H2,1-2H3/t24-,28-/m0/s1. The van der Waals surface area contributed by atoms with Crippen molar-refractivity contribution < 1.29 is 41.8 Å². The molecule has 220 valence electrons. The first-order chi connectivity index (χ1) is 20.1. The highest BCUT2D eigenvalue weighted by Crippen LogP contribution is 2.51. The molecule has 0 bridgehead atoms. The second-order valence-electron chi connectivity index (χ2n) is 9.63.